The fourth-order valence-electron chi connectivity index (χ4n) is 6.28. The third-order valence-corrected chi connectivity index (χ3v) is 8.36. The van der Waals surface area contributed by atoms with Crippen molar-refractivity contribution in [2.45, 2.75) is 134 Å². The second kappa shape index (κ2) is 14.5. The van der Waals surface area contributed by atoms with Crippen LogP contribution in [-0.2, 0) is 11.2 Å². The molecule has 1 aromatic carbocycles. The molecule has 1 nitrogen and oxygen atoms in total. The van der Waals surface area contributed by atoms with Crippen LogP contribution in [0.4, 0.5) is 13.2 Å². The van der Waals surface area contributed by atoms with Crippen molar-refractivity contribution in [1.82, 2.24) is 0 Å². The predicted molar refractivity (Wildman–Crippen MR) is 135 cm³/mol. The summed E-state index contributed by atoms with van der Waals surface area (Å²) in [7, 11) is 0. The van der Waals surface area contributed by atoms with Gasteiger partial charge >= 0.3 is 6.18 Å². The Morgan fingerprint density at radius 3 is 1.79 bits per heavy atom. The van der Waals surface area contributed by atoms with Crippen molar-refractivity contribution in [3.8, 4) is 0 Å². The Labute approximate surface area is 206 Å². The topological polar surface area (TPSA) is 9.23 Å². The van der Waals surface area contributed by atoms with Crippen molar-refractivity contribution in [3.63, 3.8) is 0 Å². The summed E-state index contributed by atoms with van der Waals surface area (Å²) in [5.41, 5.74) is 1.59. The molecule has 0 atom stereocenters. The van der Waals surface area contributed by atoms with E-state index in [4.69, 9.17) is 4.74 Å². The van der Waals surface area contributed by atoms with Gasteiger partial charge in [0.1, 0.15) is 0 Å². The van der Waals surface area contributed by atoms with Gasteiger partial charge in [-0.1, -0.05) is 76.1 Å². The number of halogens is 3. The number of alkyl halides is 3. The molecule has 2 saturated carbocycles. The summed E-state index contributed by atoms with van der Waals surface area (Å²) >= 11 is 0. The molecule has 1 aromatic rings. The molecule has 0 radical (unpaired) electrons. The fraction of sp³-hybridized carbons (Fsp3) is 0.800. The highest BCUT2D eigenvalue weighted by molar-refractivity contribution is 5.26. The van der Waals surface area contributed by atoms with Crippen molar-refractivity contribution in [1.29, 1.82) is 0 Å². The number of hydrogen-bond acceptors (Lipinski definition) is 1. The molecule has 194 valence electrons. The highest BCUT2D eigenvalue weighted by Gasteiger charge is 2.32. The molecule has 4 heteroatoms. The van der Waals surface area contributed by atoms with Crippen LogP contribution < -0.4 is 0 Å². The van der Waals surface area contributed by atoms with Crippen LogP contribution in [0.2, 0.25) is 0 Å². The molecule has 0 aliphatic heterocycles. The zero-order valence-electron chi connectivity index (χ0n) is 21.4. The van der Waals surface area contributed by atoms with Crippen LogP contribution in [0.3, 0.4) is 0 Å². The Kier molecular flexibility index (Phi) is 11.8. The van der Waals surface area contributed by atoms with Crippen LogP contribution in [0.5, 0.6) is 0 Å². The van der Waals surface area contributed by atoms with E-state index in [0.29, 0.717) is 17.6 Å². The molecule has 0 aromatic heterocycles. The van der Waals surface area contributed by atoms with E-state index in [2.05, 4.69) is 6.92 Å². The van der Waals surface area contributed by atoms with Gasteiger partial charge < -0.3 is 4.74 Å². The van der Waals surface area contributed by atoms with Crippen LogP contribution in [0.15, 0.2) is 24.3 Å². The first kappa shape index (κ1) is 27.6. The molecule has 0 bridgehead atoms. The normalized spacial score (nSPS) is 26.0. The lowest BCUT2D eigenvalue weighted by molar-refractivity contribution is -0.127. The second-order valence-electron chi connectivity index (χ2n) is 11.0. The van der Waals surface area contributed by atoms with Gasteiger partial charge in [0.15, 0.2) is 0 Å². The van der Waals surface area contributed by atoms with Crippen LogP contribution in [0.25, 0.3) is 0 Å². The Morgan fingerprint density at radius 1 is 0.706 bits per heavy atom. The maximum absolute atomic E-state index is 12.6. The van der Waals surface area contributed by atoms with Gasteiger partial charge in [-0.05, 0) is 86.7 Å². The standard InChI is InChI=1S/C30H47F3O/c1-2-3-4-5-6-7-8-9-22-34-29-20-18-28(19-21-29)27-16-14-26(15-17-27)25-12-10-24(11-13-25)23-30(31,32)33/h10-13,26-29H,2-9,14-23H2,1H3/t26-,27-,28-,29-. The summed E-state index contributed by atoms with van der Waals surface area (Å²) in [5, 5.41) is 0. The molecule has 2 aliphatic rings. The van der Waals surface area contributed by atoms with Crippen molar-refractivity contribution in [3.05, 3.63) is 35.4 Å². The average Bonchev–Trinajstić information content (AvgIpc) is 2.83. The molecular weight excluding hydrogens is 433 g/mol. The largest absolute Gasteiger partial charge is 0.393 e. The summed E-state index contributed by atoms with van der Waals surface area (Å²) in [6.07, 6.45) is 16.3. The summed E-state index contributed by atoms with van der Waals surface area (Å²) in [6, 6.07) is 7.20. The minimum atomic E-state index is -4.13. The van der Waals surface area contributed by atoms with Crippen LogP contribution in [0.1, 0.15) is 127 Å². The van der Waals surface area contributed by atoms with E-state index in [1.54, 1.807) is 12.1 Å². The van der Waals surface area contributed by atoms with Gasteiger partial charge in [0.2, 0.25) is 0 Å². The summed E-state index contributed by atoms with van der Waals surface area (Å²) < 4.78 is 44.0. The third-order valence-electron chi connectivity index (χ3n) is 8.36. The number of unbranched alkanes of at least 4 members (excludes halogenated alkanes) is 7. The van der Waals surface area contributed by atoms with Crippen LogP contribution >= 0.6 is 0 Å². The number of benzene rings is 1. The maximum Gasteiger partial charge on any atom is 0.393 e. The van der Waals surface area contributed by atoms with Crippen molar-refractivity contribution >= 4 is 0 Å². The predicted octanol–water partition coefficient (Wildman–Crippen LogP) is 9.78. The Bertz CT molecular complexity index is 653. The van der Waals surface area contributed by atoms with Gasteiger partial charge in [0, 0.05) is 6.61 Å². The van der Waals surface area contributed by atoms with Gasteiger partial charge in [-0.3, -0.25) is 0 Å². The molecule has 0 saturated heterocycles. The molecule has 3 rings (SSSR count). The number of rotatable bonds is 13. The number of ether oxygens (including phenoxy) is 1. The first-order valence-corrected chi connectivity index (χ1v) is 14.2. The smallest absolute Gasteiger partial charge is 0.378 e. The van der Waals surface area contributed by atoms with Crippen LogP contribution in [0, 0.1) is 11.8 Å². The summed E-state index contributed by atoms with van der Waals surface area (Å²) in [5.74, 6) is 2.19. The lowest BCUT2D eigenvalue weighted by atomic mass is 9.69. The van der Waals surface area contributed by atoms with Crippen molar-refractivity contribution in [2.75, 3.05) is 6.61 Å². The molecule has 2 aliphatic carbocycles. The van der Waals surface area contributed by atoms with E-state index in [-0.39, 0.29) is 0 Å². The van der Waals surface area contributed by atoms with Crippen LogP contribution in [-0.4, -0.2) is 18.9 Å². The minimum absolute atomic E-state index is 0.367. The summed E-state index contributed by atoms with van der Waals surface area (Å²) in [6.45, 7) is 3.21. The first-order chi connectivity index (χ1) is 16.4. The van der Waals surface area contributed by atoms with E-state index in [1.165, 1.54) is 108 Å². The maximum atomic E-state index is 12.6. The molecule has 2 fully saturated rings. The Balaban J connectivity index is 1.26. The molecular formula is C30H47F3O. The van der Waals surface area contributed by atoms with Crippen molar-refractivity contribution in [2.24, 2.45) is 11.8 Å². The first-order valence-electron chi connectivity index (χ1n) is 14.2. The Morgan fingerprint density at radius 2 is 1.24 bits per heavy atom. The molecule has 0 N–H and O–H groups in total. The molecule has 0 spiro atoms. The van der Waals surface area contributed by atoms with Gasteiger partial charge in [-0.25, -0.2) is 0 Å². The van der Waals surface area contributed by atoms with Gasteiger partial charge in [0.05, 0.1) is 12.5 Å². The van der Waals surface area contributed by atoms with E-state index in [0.717, 1.165) is 18.4 Å². The van der Waals surface area contributed by atoms with Gasteiger partial charge in [-0.2, -0.15) is 13.2 Å². The van der Waals surface area contributed by atoms with E-state index < -0.39 is 12.6 Å². The van der Waals surface area contributed by atoms with E-state index in [9.17, 15) is 13.2 Å². The Hall–Kier alpha value is -1.03. The fourth-order valence-corrected chi connectivity index (χ4v) is 6.28. The van der Waals surface area contributed by atoms with E-state index in [1.807, 2.05) is 12.1 Å². The monoisotopic (exact) mass is 480 g/mol. The zero-order valence-corrected chi connectivity index (χ0v) is 21.4. The highest BCUT2D eigenvalue weighted by atomic mass is 19.4. The second-order valence-corrected chi connectivity index (χ2v) is 11.0. The lowest BCUT2D eigenvalue weighted by Gasteiger charge is -2.38. The lowest BCUT2D eigenvalue weighted by Crippen LogP contribution is -2.28. The third kappa shape index (κ3) is 9.91. The van der Waals surface area contributed by atoms with E-state index >= 15 is 0 Å². The molecule has 0 amide bonds. The minimum Gasteiger partial charge on any atom is -0.378 e. The average molecular weight is 481 g/mol. The van der Waals surface area contributed by atoms with Gasteiger partial charge in [-0.15, -0.1) is 0 Å². The van der Waals surface area contributed by atoms with Gasteiger partial charge in [0.25, 0.3) is 0 Å². The molecule has 0 heterocycles. The molecule has 0 unspecified atom stereocenters. The number of hydrogen-bond donors (Lipinski definition) is 0. The van der Waals surface area contributed by atoms with Crippen molar-refractivity contribution < 1.29 is 17.9 Å². The zero-order chi connectivity index (χ0) is 24.2. The molecule has 34 heavy (non-hydrogen) atoms. The quantitative estimate of drug-likeness (QED) is 0.255. The summed E-state index contributed by atoms with van der Waals surface area (Å²) in [4.78, 5) is 0. The highest BCUT2D eigenvalue weighted by Crippen LogP contribution is 2.43. The SMILES string of the molecule is CCCCCCCCCCO[C@H]1CC[C@H]([C@H]2CC[C@H](c3ccc(CC(F)(F)F)cc3)CC2)CC1.